The number of carbonyl (C=O) groups excluding carboxylic acids is 2. The van der Waals surface area contributed by atoms with Crippen molar-refractivity contribution in [2.24, 2.45) is 0 Å². The second kappa shape index (κ2) is 8.14. The van der Waals surface area contributed by atoms with Gasteiger partial charge in [0.1, 0.15) is 5.82 Å². The Hall–Kier alpha value is -2.41. The van der Waals surface area contributed by atoms with E-state index in [-0.39, 0.29) is 17.8 Å². The Balaban J connectivity index is 1.46. The van der Waals surface area contributed by atoms with E-state index in [1.54, 1.807) is 19.2 Å². The Morgan fingerprint density at radius 3 is 2.62 bits per heavy atom. The van der Waals surface area contributed by atoms with E-state index in [4.69, 9.17) is 0 Å². The van der Waals surface area contributed by atoms with Crippen LogP contribution in [0.15, 0.2) is 35.5 Å². The molecule has 1 saturated heterocycles. The van der Waals surface area contributed by atoms with Crippen molar-refractivity contribution < 1.29 is 14.0 Å². The van der Waals surface area contributed by atoms with Crippen molar-refractivity contribution in [2.45, 2.75) is 44.7 Å². The minimum absolute atomic E-state index is 0.0344. The van der Waals surface area contributed by atoms with E-state index in [2.05, 4.69) is 17.1 Å². The molecule has 4 rings (SSSR count). The molecule has 1 aromatic rings. The van der Waals surface area contributed by atoms with Crippen LogP contribution >= 0.6 is 0 Å². The third-order valence-corrected chi connectivity index (χ3v) is 6.45. The first kappa shape index (κ1) is 19.9. The second-order valence-corrected chi connectivity index (χ2v) is 8.31. The monoisotopic (exact) mass is 400 g/mol. The van der Waals surface area contributed by atoms with Gasteiger partial charge in [0.2, 0.25) is 0 Å². The molecule has 7 heteroatoms. The lowest BCUT2D eigenvalue weighted by Crippen LogP contribution is -2.45. The van der Waals surface area contributed by atoms with Crippen molar-refractivity contribution in [3.63, 3.8) is 0 Å². The average molecular weight is 400 g/mol. The average Bonchev–Trinajstić information content (AvgIpc) is 3.04. The fourth-order valence-electron chi connectivity index (χ4n) is 4.66. The van der Waals surface area contributed by atoms with Crippen LogP contribution in [-0.4, -0.2) is 65.9 Å². The highest BCUT2D eigenvalue weighted by Gasteiger charge is 2.42. The number of carbonyl (C=O) groups is 2. The summed E-state index contributed by atoms with van der Waals surface area (Å²) in [5, 5.41) is 2.89. The highest BCUT2D eigenvalue weighted by molar-refractivity contribution is 6.01. The minimum Gasteiger partial charge on any atom is -0.333 e. The summed E-state index contributed by atoms with van der Waals surface area (Å²) in [5.74, 6) is -0.374. The van der Waals surface area contributed by atoms with Crippen LogP contribution in [-0.2, 0) is 4.79 Å². The largest absolute Gasteiger partial charge is 0.333 e. The molecule has 0 aliphatic carbocycles. The number of piperidine rings is 1. The lowest BCUT2D eigenvalue weighted by molar-refractivity contribution is -0.125. The number of likely N-dealkylation sites (N-methyl/N-ethyl adjacent to an activating group) is 1. The van der Waals surface area contributed by atoms with Crippen molar-refractivity contribution in [1.82, 2.24) is 20.0 Å². The summed E-state index contributed by atoms with van der Waals surface area (Å²) < 4.78 is 13.3. The number of rotatable bonds is 5. The normalized spacial score (nSPS) is 25.5. The van der Waals surface area contributed by atoms with Crippen LogP contribution in [0.3, 0.4) is 0 Å². The molecule has 3 heterocycles. The molecular formula is C22H29FN4O2. The van der Waals surface area contributed by atoms with Gasteiger partial charge in [0.15, 0.2) is 0 Å². The third-order valence-electron chi connectivity index (χ3n) is 6.45. The Labute approximate surface area is 171 Å². The van der Waals surface area contributed by atoms with Gasteiger partial charge in [0.05, 0.1) is 23.9 Å². The van der Waals surface area contributed by atoms with Crippen LogP contribution in [0.4, 0.5) is 9.18 Å². The zero-order valence-electron chi connectivity index (χ0n) is 17.2. The van der Waals surface area contributed by atoms with Crippen molar-refractivity contribution in [1.29, 1.82) is 0 Å². The molecule has 1 N–H and O–H groups in total. The topological polar surface area (TPSA) is 55.9 Å². The molecule has 2 atom stereocenters. The van der Waals surface area contributed by atoms with Gasteiger partial charge < -0.3 is 15.1 Å². The van der Waals surface area contributed by atoms with Crippen LogP contribution in [0.5, 0.6) is 0 Å². The van der Waals surface area contributed by atoms with Crippen molar-refractivity contribution in [3.8, 4) is 0 Å². The van der Waals surface area contributed by atoms with Crippen LogP contribution in [0.2, 0.25) is 0 Å². The number of halogens is 1. The lowest BCUT2D eigenvalue weighted by atomic mass is 9.96. The maximum atomic E-state index is 13.3. The SMILES string of the molecule is CC1CCCCN1CCCN1CC2=C(C1=O)C(c1ccc(F)cc1)NC(=O)N2C. The molecule has 1 aromatic carbocycles. The van der Waals surface area contributed by atoms with E-state index in [1.165, 1.54) is 36.3 Å². The molecule has 6 nitrogen and oxygen atoms in total. The summed E-state index contributed by atoms with van der Waals surface area (Å²) in [6, 6.07) is 5.81. The maximum absolute atomic E-state index is 13.3. The number of nitrogens with zero attached hydrogens (tertiary/aromatic N) is 3. The van der Waals surface area contributed by atoms with Gasteiger partial charge >= 0.3 is 6.03 Å². The molecule has 0 bridgehead atoms. The van der Waals surface area contributed by atoms with Gasteiger partial charge in [-0.25, -0.2) is 9.18 Å². The summed E-state index contributed by atoms with van der Waals surface area (Å²) in [7, 11) is 1.69. The Kier molecular flexibility index (Phi) is 5.58. The van der Waals surface area contributed by atoms with Gasteiger partial charge in [0, 0.05) is 26.2 Å². The molecule has 0 saturated carbocycles. The molecule has 29 heavy (non-hydrogen) atoms. The first-order valence-electron chi connectivity index (χ1n) is 10.5. The number of urea groups is 1. The first-order chi connectivity index (χ1) is 14.0. The summed E-state index contributed by atoms with van der Waals surface area (Å²) >= 11 is 0. The Bertz CT molecular complexity index is 823. The lowest BCUT2D eigenvalue weighted by Gasteiger charge is -2.33. The van der Waals surface area contributed by atoms with Crippen LogP contribution < -0.4 is 5.32 Å². The van der Waals surface area contributed by atoms with E-state index in [0.717, 1.165) is 30.8 Å². The number of hydrogen-bond donors (Lipinski definition) is 1. The maximum Gasteiger partial charge on any atom is 0.322 e. The fourth-order valence-corrected chi connectivity index (χ4v) is 4.66. The van der Waals surface area contributed by atoms with Crippen LogP contribution in [0.25, 0.3) is 0 Å². The van der Waals surface area contributed by atoms with Gasteiger partial charge in [-0.3, -0.25) is 9.69 Å². The molecule has 3 aliphatic rings. The zero-order chi connectivity index (χ0) is 20.5. The summed E-state index contributed by atoms with van der Waals surface area (Å²) in [4.78, 5) is 31.5. The number of nitrogens with one attached hydrogen (secondary N) is 1. The number of amides is 3. The van der Waals surface area contributed by atoms with E-state index in [1.807, 2.05) is 4.90 Å². The molecule has 0 spiro atoms. The van der Waals surface area contributed by atoms with Gasteiger partial charge in [-0.1, -0.05) is 18.6 Å². The van der Waals surface area contributed by atoms with Gasteiger partial charge in [-0.2, -0.15) is 0 Å². The van der Waals surface area contributed by atoms with Crippen molar-refractivity contribution >= 4 is 11.9 Å². The molecule has 0 radical (unpaired) electrons. The van der Waals surface area contributed by atoms with E-state index < -0.39 is 6.04 Å². The van der Waals surface area contributed by atoms with Gasteiger partial charge in [-0.15, -0.1) is 0 Å². The summed E-state index contributed by atoms with van der Waals surface area (Å²) in [5.41, 5.74) is 2.07. The van der Waals surface area contributed by atoms with Crippen molar-refractivity contribution in [3.05, 3.63) is 46.9 Å². The minimum atomic E-state index is -0.533. The van der Waals surface area contributed by atoms with Gasteiger partial charge in [0.25, 0.3) is 5.91 Å². The molecule has 2 unspecified atom stereocenters. The number of likely N-dealkylation sites (tertiary alicyclic amines) is 1. The molecule has 3 aliphatic heterocycles. The first-order valence-corrected chi connectivity index (χ1v) is 10.5. The summed E-state index contributed by atoms with van der Waals surface area (Å²) in [6.07, 6.45) is 4.72. The smallest absolute Gasteiger partial charge is 0.322 e. The van der Waals surface area contributed by atoms with Crippen molar-refractivity contribution in [2.75, 3.05) is 33.2 Å². The molecule has 1 fully saturated rings. The van der Waals surface area contributed by atoms with E-state index in [0.29, 0.717) is 24.7 Å². The summed E-state index contributed by atoms with van der Waals surface area (Å²) in [6.45, 7) is 5.53. The Morgan fingerprint density at radius 2 is 1.90 bits per heavy atom. The van der Waals surface area contributed by atoms with Crippen LogP contribution in [0.1, 0.15) is 44.2 Å². The predicted molar refractivity (Wildman–Crippen MR) is 109 cm³/mol. The third kappa shape index (κ3) is 3.88. The second-order valence-electron chi connectivity index (χ2n) is 8.31. The highest BCUT2D eigenvalue weighted by Crippen LogP contribution is 2.35. The Morgan fingerprint density at radius 1 is 1.14 bits per heavy atom. The van der Waals surface area contributed by atoms with Crippen LogP contribution in [0, 0.1) is 5.82 Å². The molecular weight excluding hydrogens is 371 g/mol. The van der Waals surface area contributed by atoms with Gasteiger partial charge in [-0.05, 0) is 50.4 Å². The number of hydrogen-bond acceptors (Lipinski definition) is 3. The predicted octanol–water partition coefficient (Wildman–Crippen LogP) is 2.88. The zero-order valence-corrected chi connectivity index (χ0v) is 17.2. The van der Waals surface area contributed by atoms with E-state index >= 15 is 0 Å². The van der Waals surface area contributed by atoms with E-state index in [9.17, 15) is 14.0 Å². The molecule has 0 aromatic heterocycles. The molecule has 3 amide bonds. The molecule has 156 valence electrons. The highest BCUT2D eigenvalue weighted by atomic mass is 19.1. The number of benzene rings is 1. The quantitative estimate of drug-likeness (QED) is 0.827. The standard InChI is InChI=1S/C22H29FN4O2/c1-15-6-3-4-11-26(15)12-5-13-27-14-18-19(21(27)28)20(24-22(29)25(18)2)16-7-9-17(23)10-8-16/h7-10,15,20H,3-6,11-14H2,1-2H3,(H,24,29). The fraction of sp³-hybridized carbons (Fsp3) is 0.545.